The van der Waals surface area contributed by atoms with Gasteiger partial charge in [-0.1, -0.05) is 207 Å². The first-order chi connectivity index (χ1) is 28.4. The molecule has 0 spiro atoms. The van der Waals surface area contributed by atoms with Gasteiger partial charge in [-0.3, -0.25) is 0 Å². The number of nitrogens with two attached hydrogens (primary N) is 1. The van der Waals surface area contributed by atoms with Crippen LogP contribution in [0, 0.1) is 26.2 Å². The average Bonchev–Trinajstić information content (AvgIpc) is 3.29. The molecule has 0 heterocycles. The van der Waals surface area contributed by atoms with Crippen molar-refractivity contribution in [3.8, 4) is 11.1 Å². The third-order valence-corrected chi connectivity index (χ3v) is 9.89. The van der Waals surface area contributed by atoms with Crippen molar-refractivity contribution in [2.75, 3.05) is 11.1 Å². The van der Waals surface area contributed by atoms with Gasteiger partial charge in [0.25, 0.3) is 0 Å². The molecule has 0 radical (unpaired) electrons. The fourth-order valence-electron chi connectivity index (χ4n) is 6.79. The molecule has 0 atom stereocenters. The molecule has 0 unspecified atom stereocenters. The number of rotatable bonds is 7. The van der Waals surface area contributed by atoms with Crippen LogP contribution in [0.15, 0.2) is 188 Å². The number of hydrogen-bond donors (Lipinski definition) is 3. The van der Waals surface area contributed by atoms with Gasteiger partial charge >= 0.3 is 0 Å². The van der Waals surface area contributed by atoms with Crippen LogP contribution >= 0.6 is 0 Å². The smallest absolute Gasteiger partial charge is 0.0660 e. The molecule has 0 aromatic heterocycles. The van der Waals surface area contributed by atoms with Crippen LogP contribution in [0.5, 0.6) is 0 Å². The quantitative estimate of drug-likeness (QED) is 0.112. The van der Waals surface area contributed by atoms with Crippen LogP contribution in [0.4, 0.5) is 17.1 Å². The Hall–Kier alpha value is -6.71. The third-order valence-electron chi connectivity index (χ3n) is 9.89. The lowest BCUT2D eigenvalue weighted by Gasteiger charge is -2.18. The summed E-state index contributed by atoms with van der Waals surface area (Å²) in [6.07, 6.45) is 9.85. The van der Waals surface area contributed by atoms with E-state index in [1.807, 2.05) is 86.7 Å². The van der Waals surface area contributed by atoms with E-state index in [0.717, 1.165) is 58.2 Å². The monoisotopic (exact) mass is 761 g/mol. The number of para-hydroxylation sites is 1. The lowest BCUT2D eigenvalue weighted by atomic mass is 9.90. The van der Waals surface area contributed by atoms with Gasteiger partial charge < -0.3 is 16.5 Å². The van der Waals surface area contributed by atoms with E-state index in [4.69, 9.17) is 11.1 Å². The van der Waals surface area contributed by atoms with Gasteiger partial charge in [-0.05, 0) is 103 Å². The van der Waals surface area contributed by atoms with E-state index in [2.05, 4.69) is 149 Å². The maximum absolute atomic E-state index is 6.39. The number of anilines is 3. The molecular weight excluding hydrogens is 703 g/mol. The van der Waals surface area contributed by atoms with Crippen molar-refractivity contribution < 1.29 is 0 Å². The Morgan fingerprint density at radius 3 is 1.59 bits per heavy atom. The van der Waals surface area contributed by atoms with Gasteiger partial charge in [0.15, 0.2) is 0 Å². The predicted octanol–water partition coefficient (Wildman–Crippen LogP) is 15.4. The molecule has 1 aliphatic carbocycles. The third kappa shape index (κ3) is 12.4. The molecule has 7 aromatic rings. The number of hydrogen-bond acceptors (Lipinski definition) is 3. The molecule has 3 heteroatoms. The van der Waals surface area contributed by atoms with E-state index in [9.17, 15) is 0 Å². The molecule has 294 valence electrons. The summed E-state index contributed by atoms with van der Waals surface area (Å²) in [6, 6.07) is 57.0. The number of nitrogens with one attached hydrogen (secondary N) is 2. The Morgan fingerprint density at radius 2 is 1.07 bits per heavy atom. The Morgan fingerprint density at radius 1 is 0.569 bits per heavy atom. The van der Waals surface area contributed by atoms with Gasteiger partial charge in [0.05, 0.1) is 11.4 Å². The van der Waals surface area contributed by atoms with Crippen LogP contribution in [0.25, 0.3) is 33.5 Å². The van der Waals surface area contributed by atoms with Crippen molar-refractivity contribution in [1.82, 2.24) is 0 Å². The predicted molar refractivity (Wildman–Crippen MR) is 257 cm³/mol. The van der Waals surface area contributed by atoms with Crippen LogP contribution in [0.3, 0.4) is 0 Å². The molecule has 58 heavy (non-hydrogen) atoms. The number of fused-ring (bicyclic) bond motifs is 1. The summed E-state index contributed by atoms with van der Waals surface area (Å²) >= 11 is 0. The number of aryl methyl sites for hydroxylation is 2. The van der Waals surface area contributed by atoms with Gasteiger partial charge in [0, 0.05) is 11.1 Å². The van der Waals surface area contributed by atoms with Crippen LogP contribution < -0.4 is 11.1 Å². The van der Waals surface area contributed by atoms with Crippen molar-refractivity contribution in [3.05, 3.63) is 221 Å². The van der Waals surface area contributed by atoms with Crippen molar-refractivity contribution in [2.24, 2.45) is 0 Å². The van der Waals surface area contributed by atoms with E-state index in [-0.39, 0.29) is 0 Å². The fourth-order valence-corrected chi connectivity index (χ4v) is 6.79. The average molecular weight is 762 g/mol. The summed E-state index contributed by atoms with van der Waals surface area (Å²) in [4.78, 5) is 0. The molecule has 8 rings (SSSR count). The lowest BCUT2D eigenvalue weighted by molar-refractivity contribution is 0.923. The maximum Gasteiger partial charge on any atom is 0.0660 e. The van der Waals surface area contributed by atoms with Gasteiger partial charge in [-0.2, -0.15) is 0 Å². The van der Waals surface area contributed by atoms with Crippen molar-refractivity contribution in [1.29, 1.82) is 5.41 Å². The highest BCUT2D eigenvalue weighted by Gasteiger charge is 2.13. The molecule has 0 aliphatic heterocycles. The summed E-state index contributed by atoms with van der Waals surface area (Å²) in [5.74, 6) is 0. The van der Waals surface area contributed by atoms with Crippen LogP contribution in [-0.2, 0) is 6.42 Å². The highest BCUT2D eigenvalue weighted by molar-refractivity contribution is 6.06. The molecule has 0 saturated heterocycles. The Labute approximate surface area is 347 Å². The summed E-state index contributed by atoms with van der Waals surface area (Å²) in [7, 11) is 0. The van der Waals surface area contributed by atoms with Gasteiger partial charge in [-0.15, -0.1) is 0 Å². The Balaban J connectivity index is 0.000000208. The maximum atomic E-state index is 6.39. The first-order valence-electron chi connectivity index (χ1n) is 20.1. The molecule has 3 nitrogen and oxygen atoms in total. The van der Waals surface area contributed by atoms with E-state index in [1.54, 1.807) is 0 Å². The molecule has 4 N–H and O–H groups in total. The SMILES string of the molecule is C=Cc1c(C)c(Nc2ccccc2)c(N)c2ccccc12.C=N.CC.Cc1ccc(-c2ccc(CC3=CC=C(c4ccccc4)CC3)cc2)cc1.Cc1ccccc1. The molecule has 0 amide bonds. The topological polar surface area (TPSA) is 61.9 Å². The highest BCUT2D eigenvalue weighted by Crippen LogP contribution is 2.38. The number of nitrogen functional groups attached to an aromatic ring is 1. The minimum absolute atomic E-state index is 0.776. The minimum Gasteiger partial charge on any atom is -0.397 e. The highest BCUT2D eigenvalue weighted by atomic mass is 14.9. The van der Waals surface area contributed by atoms with Crippen LogP contribution in [0.2, 0.25) is 0 Å². The Bertz CT molecular complexity index is 2360. The van der Waals surface area contributed by atoms with E-state index in [1.165, 1.54) is 44.5 Å². The van der Waals surface area contributed by atoms with Crippen LogP contribution in [0.1, 0.15) is 60.1 Å². The van der Waals surface area contributed by atoms with Crippen molar-refractivity contribution >= 4 is 46.2 Å². The first-order valence-corrected chi connectivity index (χ1v) is 20.1. The van der Waals surface area contributed by atoms with E-state index in [0.29, 0.717) is 0 Å². The molecule has 7 aromatic carbocycles. The van der Waals surface area contributed by atoms with Crippen molar-refractivity contribution in [3.63, 3.8) is 0 Å². The van der Waals surface area contributed by atoms with E-state index >= 15 is 0 Å². The summed E-state index contributed by atoms with van der Waals surface area (Å²) in [6.45, 7) is 16.7. The fraction of sp³-hybridized carbons (Fsp3) is 0.145. The van der Waals surface area contributed by atoms with E-state index < -0.39 is 0 Å². The molecular formula is C55H59N3. The van der Waals surface area contributed by atoms with Gasteiger partial charge in [0.1, 0.15) is 0 Å². The second-order valence-electron chi connectivity index (χ2n) is 13.8. The summed E-state index contributed by atoms with van der Waals surface area (Å²) in [5, 5.41) is 11.1. The van der Waals surface area contributed by atoms with Gasteiger partial charge in [-0.25, -0.2) is 0 Å². The summed E-state index contributed by atoms with van der Waals surface area (Å²) < 4.78 is 0. The summed E-state index contributed by atoms with van der Waals surface area (Å²) in [5.41, 5.74) is 22.3. The van der Waals surface area contributed by atoms with Crippen LogP contribution in [-0.4, -0.2) is 6.72 Å². The normalized spacial score (nSPS) is 11.3. The molecule has 0 fully saturated rings. The van der Waals surface area contributed by atoms with Crippen molar-refractivity contribution in [2.45, 2.75) is 53.9 Å². The lowest BCUT2D eigenvalue weighted by Crippen LogP contribution is -2.02. The zero-order chi connectivity index (χ0) is 41.7. The number of allylic oxidation sites excluding steroid dienone is 4. The Kier molecular flexibility index (Phi) is 17.7. The van der Waals surface area contributed by atoms with Gasteiger partial charge in [0.2, 0.25) is 0 Å². The second-order valence-corrected chi connectivity index (χ2v) is 13.8. The molecule has 1 aliphatic rings. The standard InChI is InChI=1S/C26H24.C19H18N2.C7H8.C2H6.CH3N/c1-20-7-13-24(14-8-20)26-17-11-22(12-18-26)19-21-9-15-25(16-10-21)23-5-3-2-4-6-23;1-3-15-13(2)19(21-14-9-5-4-6-10-14)18(20)17-12-8-7-11-16(15)17;1-7-5-3-2-4-6-7;2*1-2/h2-9,11-15,17-18H,10,16,19H2,1H3;3-12,21H,1,20H2,2H3;2-6H,1H3;1-2H3;2H,1H2. The molecule has 0 bridgehead atoms. The second kappa shape index (κ2) is 23.4. The number of benzene rings is 7. The zero-order valence-electron chi connectivity index (χ0n) is 34.9. The largest absolute Gasteiger partial charge is 0.397 e. The molecule has 0 saturated carbocycles. The zero-order valence-corrected chi connectivity index (χ0v) is 34.9. The first kappa shape index (κ1) is 44.0. The minimum atomic E-state index is 0.776.